The van der Waals surface area contributed by atoms with Crippen molar-refractivity contribution in [3.05, 3.63) is 60.4 Å². The third-order valence-electron chi connectivity index (χ3n) is 3.08. The molecule has 2 aromatic rings. The van der Waals surface area contributed by atoms with E-state index in [1.165, 1.54) is 0 Å². The van der Waals surface area contributed by atoms with Gasteiger partial charge in [-0.05, 0) is 23.8 Å². The highest BCUT2D eigenvalue weighted by Gasteiger charge is 2.32. The predicted molar refractivity (Wildman–Crippen MR) is 69.3 cm³/mol. The molecule has 1 unspecified atom stereocenters. The van der Waals surface area contributed by atoms with Crippen molar-refractivity contribution < 1.29 is 4.79 Å². The Kier molecular flexibility index (Phi) is 2.68. The van der Waals surface area contributed by atoms with Crippen LogP contribution in [0, 0.1) is 0 Å². The van der Waals surface area contributed by atoms with Gasteiger partial charge in [-0.2, -0.15) is 0 Å². The number of benzene rings is 1. The fourth-order valence-corrected chi connectivity index (χ4v) is 2.23. The van der Waals surface area contributed by atoms with Crippen LogP contribution in [0.25, 0.3) is 0 Å². The molecule has 1 fully saturated rings. The number of nitrogens with zero attached hydrogens (tertiary/aromatic N) is 2. The van der Waals surface area contributed by atoms with Crippen LogP contribution < -0.4 is 10.2 Å². The highest BCUT2D eigenvalue weighted by molar-refractivity contribution is 5.95. The van der Waals surface area contributed by atoms with Crippen molar-refractivity contribution in [1.29, 1.82) is 0 Å². The molecule has 1 aliphatic heterocycles. The molecule has 4 nitrogen and oxygen atoms in total. The van der Waals surface area contributed by atoms with Crippen LogP contribution in [0.3, 0.4) is 0 Å². The molecule has 0 saturated carbocycles. The predicted octanol–water partition coefficient (Wildman–Crippen LogP) is 2.35. The smallest absolute Gasteiger partial charge is 0.322 e. The lowest BCUT2D eigenvalue weighted by atomic mass is 10.1. The van der Waals surface area contributed by atoms with E-state index in [1.54, 1.807) is 17.3 Å². The largest absolute Gasteiger partial charge is 0.335 e. The average Bonchev–Trinajstić information content (AvgIpc) is 2.83. The summed E-state index contributed by atoms with van der Waals surface area (Å²) in [5.74, 6) is 0. The Labute approximate surface area is 105 Å². The van der Waals surface area contributed by atoms with E-state index in [1.807, 2.05) is 42.5 Å². The number of para-hydroxylation sites is 1. The molecule has 0 aliphatic carbocycles. The molecule has 3 rings (SSSR count). The third kappa shape index (κ3) is 1.82. The second-order valence-corrected chi connectivity index (χ2v) is 4.19. The molecule has 90 valence electrons. The van der Waals surface area contributed by atoms with E-state index in [9.17, 15) is 4.79 Å². The number of carbonyl (C=O) groups is 1. The second kappa shape index (κ2) is 4.49. The maximum absolute atomic E-state index is 12.0. The van der Waals surface area contributed by atoms with E-state index in [2.05, 4.69) is 10.3 Å². The second-order valence-electron chi connectivity index (χ2n) is 4.19. The van der Waals surface area contributed by atoms with Crippen LogP contribution in [-0.4, -0.2) is 17.6 Å². The van der Waals surface area contributed by atoms with Crippen LogP contribution in [0.2, 0.25) is 0 Å². The Balaban J connectivity index is 1.98. The zero-order valence-corrected chi connectivity index (χ0v) is 9.78. The van der Waals surface area contributed by atoms with Crippen molar-refractivity contribution in [2.75, 3.05) is 11.4 Å². The van der Waals surface area contributed by atoms with Gasteiger partial charge in [-0.15, -0.1) is 0 Å². The Morgan fingerprint density at radius 1 is 1.17 bits per heavy atom. The minimum Gasteiger partial charge on any atom is -0.335 e. The third-order valence-corrected chi connectivity index (χ3v) is 3.08. The number of anilines is 1. The number of rotatable bonds is 2. The van der Waals surface area contributed by atoms with Crippen LogP contribution in [0.15, 0.2) is 54.9 Å². The number of urea groups is 1. The Hall–Kier alpha value is -2.36. The van der Waals surface area contributed by atoms with E-state index < -0.39 is 0 Å². The summed E-state index contributed by atoms with van der Waals surface area (Å²) >= 11 is 0. The van der Waals surface area contributed by atoms with E-state index in [-0.39, 0.29) is 12.1 Å². The van der Waals surface area contributed by atoms with Gasteiger partial charge in [0.15, 0.2) is 0 Å². The molecule has 1 N–H and O–H groups in total. The molecule has 0 spiro atoms. The molecule has 2 amide bonds. The Morgan fingerprint density at radius 2 is 2.00 bits per heavy atom. The summed E-state index contributed by atoms with van der Waals surface area (Å²) < 4.78 is 0. The van der Waals surface area contributed by atoms with Crippen LogP contribution in [-0.2, 0) is 0 Å². The molecule has 1 aromatic carbocycles. The van der Waals surface area contributed by atoms with Gasteiger partial charge in [0.05, 0.1) is 6.04 Å². The van der Waals surface area contributed by atoms with Gasteiger partial charge in [0.1, 0.15) is 0 Å². The molecule has 1 aliphatic rings. The summed E-state index contributed by atoms with van der Waals surface area (Å²) in [7, 11) is 0. The minimum atomic E-state index is -0.0601. The van der Waals surface area contributed by atoms with Gasteiger partial charge >= 0.3 is 6.03 Å². The molecule has 1 atom stereocenters. The van der Waals surface area contributed by atoms with E-state index >= 15 is 0 Å². The maximum atomic E-state index is 12.0. The van der Waals surface area contributed by atoms with E-state index in [4.69, 9.17) is 0 Å². The number of hydrogen-bond donors (Lipinski definition) is 1. The van der Waals surface area contributed by atoms with Gasteiger partial charge in [-0.1, -0.05) is 24.3 Å². The lowest BCUT2D eigenvalue weighted by Crippen LogP contribution is -2.29. The van der Waals surface area contributed by atoms with Gasteiger partial charge in [0, 0.05) is 24.6 Å². The van der Waals surface area contributed by atoms with Crippen LogP contribution >= 0.6 is 0 Å². The van der Waals surface area contributed by atoms with E-state index in [0.717, 1.165) is 11.3 Å². The van der Waals surface area contributed by atoms with E-state index in [0.29, 0.717) is 6.54 Å². The van der Waals surface area contributed by atoms with Gasteiger partial charge in [-0.25, -0.2) is 4.79 Å². The number of aromatic nitrogens is 1. The van der Waals surface area contributed by atoms with Crippen molar-refractivity contribution >= 4 is 11.7 Å². The molecule has 1 saturated heterocycles. The fourth-order valence-electron chi connectivity index (χ4n) is 2.23. The average molecular weight is 239 g/mol. The van der Waals surface area contributed by atoms with Crippen molar-refractivity contribution in [2.24, 2.45) is 0 Å². The summed E-state index contributed by atoms with van der Waals surface area (Å²) in [6.07, 6.45) is 3.54. The molecule has 1 aromatic heterocycles. The molecule has 2 heterocycles. The standard InChI is InChI=1S/C14H13N3O/c18-14-16-10-13(11-5-4-8-15-9-11)17(14)12-6-2-1-3-7-12/h1-9,13H,10H2,(H,16,18). The molecular weight excluding hydrogens is 226 g/mol. The Morgan fingerprint density at radius 3 is 2.72 bits per heavy atom. The fraction of sp³-hybridized carbons (Fsp3) is 0.143. The van der Waals surface area contributed by atoms with Gasteiger partial charge in [0.2, 0.25) is 0 Å². The first-order chi connectivity index (χ1) is 8.86. The van der Waals surface area contributed by atoms with Crippen molar-refractivity contribution in [1.82, 2.24) is 10.3 Å². The van der Waals surface area contributed by atoms with Gasteiger partial charge in [-0.3, -0.25) is 9.88 Å². The van der Waals surface area contributed by atoms with Crippen LogP contribution in [0.5, 0.6) is 0 Å². The molecule has 18 heavy (non-hydrogen) atoms. The quantitative estimate of drug-likeness (QED) is 0.874. The molecule has 0 radical (unpaired) electrons. The maximum Gasteiger partial charge on any atom is 0.322 e. The zero-order valence-electron chi connectivity index (χ0n) is 9.78. The van der Waals surface area contributed by atoms with Crippen LogP contribution in [0.4, 0.5) is 10.5 Å². The zero-order chi connectivity index (χ0) is 12.4. The summed E-state index contributed by atoms with van der Waals surface area (Å²) in [4.78, 5) is 17.8. The SMILES string of the molecule is O=C1NCC(c2cccnc2)N1c1ccccc1. The summed E-state index contributed by atoms with van der Waals surface area (Å²) in [5, 5.41) is 2.88. The summed E-state index contributed by atoms with van der Waals surface area (Å²) in [6, 6.07) is 13.5. The summed E-state index contributed by atoms with van der Waals surface area (Å²) in [5.41, 5.74) is 1.95. The van der Waals surface area contributed by atoms with Crippen LogP contribution in [0.1, 0.15) is 11.6 Å². The van der Waals surface area contributed by atoms with Crippen molar-refractivity contribution in [3.63, 3.8) is 0 Å². The number of nitrogens with one attached hydrogen (secondary N) is 1. The minimum absolute atomic E-state index is 0.00796. The van der Waals surface area contributed by atoms with Gasteiger partial charge < -0.3 is 5.32 Å². The highest BCUT2D eigenvalue weighted by Crippen LogP contribution is 2.29. The number of pyridine rings is 1. The number of hydrogen-bond acceptors (Lipinski definition) is 2. The monoisotopic (exact) mass is 239 g/mol. The first-order valence-corrected chi connectivity index (χ1v) is 5.88. The lowest BCUT2D eigenvalue weighted by Gasteiger charge is -2.23. The molecular formula is C14H13N3O. The number of carbonyl (C=O) groups excluding carboxylic acids is 1. The Bertz CT molecular complexity index is 541. The number of amides is 2. The van der Waals surface area contributed by atoms with Gasteiger partial charge in [0.25, 0.3) is 0 Å². The van der Waals surface area contributed by atoms with Crippen molar-refractivity contribution in [2.45, 2.75) is 6.04 Å². The first kappa shape index (κ1) is 10.8. The highest BCUT2D eigenvalue weighted by atomic mass is 16.2. The molecule has 0 bridgehead atoms. The molecule has 4 heteroatoms. The normalized spacial score (nSPS) is 18.8. The lowest BCUT2D eigenvalue weighted by molar-refractivity contribution is 0.251. The van der Waals surface area contributed by atoms with Crippen molar-refractivity contribution in [3.8, 4) is 0 Å². The topological polar surface area (TPSA) is 45.2 Å². The first-order valence-electron chi connectivity index (χ1n) is 5.88. The summed E-state index contributed by atoms with van der Waals surface area (Å²) in [6.45, 7) is 0.611.